The highest BCUT2D eigenvalue weighted by Crippen LogP contribution is 2.23. The molecular weight excluding hydrogens is 392 g/mol. The predicted molar refractivity (Wildman–Crippen MR) is 105 cm³/mol. The summed E-state index contributed by atoms with van der Waals surface area (Å²) in [5.74, 6) is -2.23. The van der Waals surface area contributed by atoms with Crippen LogP contribution in [0.1, 0.15) is 10.5 Å². The lowest BCUT2D eigenvalue weighted by Gasteiger charge is -2.07. The molecule has 3 heterocycles. The molecule has 0 aliphatic heterocycles. The van der Waals surface area contributed by atoms with Crippen LogP contribution < -0.4 is 10.9 Å². The minimum Gasteiger partial charge on any atom is -0.454 e. The summed E-state index contributed by atoms with van der Waals surface area (Å²) in [6.45, 7) is -1.12. The van der Waals surface area contributed by atoms with Gasteiger partial charge in [0, 0.05) is 18.6 Å². The molecule has 4 aromatic rings. The SMILES string of the molecule is Cn1cccc1C(=O)NC(=O)COC(=O)Cn1cnc2c(oc3ccccc32)c1=O. The van der Waals surface area contributed by atoms with Gasteiger partial charge >= 0.3 is 5.97 Å². The molecule has 3 aromatic heterocycles. The van der Waals surface area contributed by atoms with E-state index in [1.807, 2.05) is 0 Å². The van der Waals surface area contributed by atoms with E-state index in [9.17, 15) is 19.2 Å². The van der Waals surface area contributed by atoms with E-state index in [1.54, 1.807) is 54.2 Å². The van der Waals surface area contributed by atoms with Crippen molar-refractivity contribution in [3.63, 3.8) is 0 Å². The third-order valence-corrected chi connectivity index (χ3v) is 4.44. The summed E-state index contributed by atoms with van der Waals surface area (Å²) in [7, 11) is 1.66. The van der Waals surface area contributed by atoms with E-state index < -0.39 is 36.5 Å². The highest BCUT2D eigenvalue weighted by Gasteiger charge is 2.17. The largest absolute Gasteiger partial charge is 0.454 e. The van der Waals surface area contributed by atoms with Gasteiger partial charge in [-0.1, -0.05) is 12.1 Å². The van der Waals surface area contributed by atoms with E-state index in [4.69, 9.17) is 9.15 Å². The van der Waals surface area contributed by atoms with Gasteiger partial charge in [0.1, 0.15) is 23.3 Å². The Morgan fingerprint density at radius 3 is 2.73 bits per heavy atom. The number of rotatable bonds is 5. The number of para-hydroxylation sites is 1. The van der Waals surface area contributed by atoms with Gasteiger partial charge in [0.05, 0.1) is 6.33 Å². The molecular formula is C20H16N4O6. The van der Waals surface area contributed by atoms with Gasteiger partial charge in [0.25, 0.3) is 17.4 Å². The molecule has 10 nitrogen and oxygen atoms in total. The number of furan rings is 1. The van der Waals surface area contributed by atoms with Gasteiger partial charge in [-0.15, -0.1) is 0 Å². The summed E-state index contributed by atoms with van der Waals surface area (Å²) >= 11 is 0. The Labute approximate surface area is 168 Å². The second-order valence-electron chi connectivity index (χ2n) is 6.50. The van der Waals surface area contributed by atoms with Crippen LogP contribution in [0.25, 0.3) is 22.1 Å². The molecule has 0 bridgehead atoms. The van der Waals surface area contributed by atoms with Gasteiger partial charge in [-0.25, -0.2) is 4.98 Å². The van der Waals surface area contributed by atoms with Crippen LogP contribution in [0.4, 0.5) is 0 Å². The summed E-state index contributed by atoms with van der Waals surface area (Å²) < 4.78 is 13.0. The zero-order chi connectivity index (χ0) is 21.3. The van der Waals surface area contributed by atoms with E-state index >= 15 is 0 Å². The zero-order valence-corrected chi connectivity index (χ0v) is 15.8. The summed E-state index contributed by atoms with van der Waals surface area (Å²) in [6, 6.07) is 10.3. The quantitative estimate of drug-likeness (QED) is 0.488. The highest BCUT2D eigenvalue weighted by atomic mass is 16.5. The van der Waals surface area contributed by atoms with Crippen molar-refractivity contribution in [2.45, 2.75) is 6.54 Å². The van der Waals surface area contributed by atoms with E-state index in [-0.39, 0.29) is 11.3 Å². The van der Waals surface area contributed by atoms with Gasteiger partial charge in [-0.3, -0.25) is 29.1 Å². The molecule has 30 heavy (non-hydrogen) atoms. The third kappa shape index (κ3) is 3.58. The topological polar surface area (TPSA) is 125 Å². The van der Waals surface area contributed by atoms with Gasteiger partial charge < -0.3 is 13.7 Å². The van der Waals surface area contributed by atoms with Crippen molar-refractivity contribution in [1.82, 2.24) is 19.4 Å². The summed E-state index contributed by atoms with van der Waals surface area (Å²) in [4.78, 5) is 52.6. The Hall–Kier alpha value is -4.21. The Morgan fingerprint density at radius 2 is 1.97 bits per heavy atom. The summed E-state index contributed by atoms with van der Waals surface area (Å²) in [5, 5.41) is 2.81. The van der Waals surface area contributed by atoms with Crippen LogP contribution in [0.15, 0.2) is 58.1 Å². The fraction of sp³-hybridized carbons (Fsp3) is 0.150. The molecule has 2 amide bonds. The molecule has 0 aliphatic rings. The number of amides is 2. The molecule has 0 spiro atoms. The number of imide groups is 1. The van der Waals surface area contributed by atoms with Crippen LogP contribution >= 0.6 is 0 Å². The maximum Gasteiger partial charge on any atom is 0.326 e. The van der Waals surface area contributed by atoms with Crippen LogP contribution in [0.2, 0.25) is 0 Å². The van der Waals surface area contributed by atoms with Crippen LogP contribution in [0.3, 0.4) is 0 Å². The number of hydrogen-bond donors (Lipinski definition) is 1. The molecule has 1 aromatic carbocycles. The fourth-order valence-corrected chi connectivity index (χ4v) is 2.98. The monoisotopic (exact) mass is 408 g/mol. The second-order valence-corrected chi connectivity index (χ2v) is 6.50. The number of benzene rings is 1. The first kappa shape index (κ1) is 19.1. The molecule has 0 aliphatic carbocycles. The molecule has 1 N–H and O–H groups in total. The van der Waals surface area contributed by atoms with Crippen LogP contribution in [-0.4, -0.2) is 38.5 Å². The zero-order valence-electron chi connectivity index (χ0n) is 15.8. The molecule has 0 atom stereocenters. The van der Waals surface area contributed by atoms with Gasteiger partial charge in [-0.05, 0) is 24.3 Å². The Bertz CT molecular complexity index is 1350. The Balaban J connectivity index is 1.40. The maximum absolute atomic E-state index is 12.6. The average molecular weight is 408 g/mol. The lowest BCUT2D eigenvalue weighted by molar-refractivity contribution is -0.149. The van der Waals surface area contributed by atoms with E-state index in [1.165, 1.54) is 6.33 Å². The van der Waals surface area contributed by atoms with Crippen molar-refractivity contribution in [1.29, 1.82) is 0 Å². The number of nitrogens with zero attached hydrogens (tertiary/aromatic N) is 3. The van der Waals surface area contributed by atoms with Crippen molar-refractivity contribution in [2.24, 2.45) is 7.05 Å². The number of esters is 1. The smallest absolute Gasteiger partial charge is 0.326 e. The van der Waals surface area contributed by atoms with Crippen LogP contribution in [0.5, 0.6) is 0 Å². The van der Waals surface area contributed by atoms with Gasteiger partial charge in [0.15, 0.2) is 6.61 Å². The standard InChI is InChI=1S/C20H16N4O6/c1-23-8-4-6-13(23)19(27)22-15(25)10-29-16(26)9-24-11-21-17-12-5-2-3-7-14(12)30-18(17)20(24)28/h2-8,11H,9-10H2,1H3,(H,22,25,27). The number of carbonyl (C=O) groups excluding carboxylic acids is 3. The molecule has 0 radical (unpaired) electrons. The van der Waals surface area contributed by atoms with Crippen LogP contribution in [-0.2, 0) is 27.9 Å². The number of aryl methyl sites for hydroxylation is 1. The number of hydrogen-bond acceptors (Lipinski definition) is 7. The molecule has 0 fully saturated rings. The van der Waals surface area contributed by atoms with Crippen molar-refractivity contribution in [3.05, 3.63) is 65.0 Å². The minimum atomic E-state index is -0.837. The number of fused-ring (bicyclic) bond motifs is 3. The molecule has 10 heteroatoms. The van der Waals surface area contributed by atoms with Crippen molar-refractivity contribution in [2.75, 3.05) is 6.61 Å². The second kappa shape index (κ2) is 7.66. The molecule has 0 unspecified atom stereocenters. The maximum atomic E-state index is 12.6. The van der Waals surface area contributed by atoms with E-state index in [0.29, 0.717) is 16.5 Å². The number of aromatic nitrogens is 3. The Morgan fingerprint density at radius 1 is 1.17 bits per heavy atom. The van der Waals surface area contributed by atoms with Crippen molar-refractivity contribution >= 4 is 39.9 Å². The first-order valence-corrected chi connectivity index (χ1v) is 8.92. The molecule has 152 valence electrons. The average Bonchev–Trinajstić information content (AvgIpc) is 3.32. The van der Waals surface area contributed by atoms with Crippen molar-refractivity contribution < 1.29 is 23.5 Å². The molecule has 0 saturated heterocycles. The molecule has 0 saturated carbocycles. The third-order valence-electron chi connectivity index (χ3n) is 4.44. The summed E-state index contributed by atoms with van der Waals surface area (Å²) in [5.41, 5.74) is 0.677. The normalized spacial score (nSPS) is 11.0. The minimum absolute atomic E-state index is 0.0254. The van der Waals surface area contributed by atoms with Gasteiger partial charge in [-0.2, -0.15) is 0 Å². The fourth-order valence-electron chi connectivity index (χ4n) is 2.98. The summed E-state index contributed by atoms with van der Waals surface area (Å²) in [6.07, 6.45) is 2.87. The predicted octanol–water partition coefficient (Wildman–Crippen LogP) is 0.981. The molecule has 4 rings (SSSR count). The first-order valence-electron chi connectivity index (χ1n) is 8.92. The lowest BCUT2D eigenvalue weighted by atomic mass is 10.2. The number of nitrogens with one attached hydrogen (secondary N) is 1. The highest BCUT2D eigenvalue weighted by molar-refractivity contribution is 6.04. The van der Waals surface area contributed by atoms with Crippen LogP contribution in [0, 0.1) is 0 Å². The van der Waals surface area contributed by atoms with E-state index in [2.05, 4.69) is 10.3 Å². The van der Waals surface area contributed by atoms with Crippen molar-refractivity contribution in [3.8, 4) is 0 Å². The van der Waals surface area contributed by atoms with Gasteiger partial charge in [0.2, 0.25) is 5.58 Å². The lowest BCUT2D eigenvalue weighted by Crippen LogP contribution is -2.35. The first-order chi connectivity index (χ1) is 14.4. The number of ether oxygens (including phenoxy) is 1. The number of carbonyl (C=O) groups is 3. The van der Waals surface area contributed by atoms with E-state index in [0.717, 1.165) is 4.57 Å². The Kier molecular flexibility index (Phi) is 4.88.